The maximum Gasteiger partial charge on any atom is 0.184 e. The third-order valence-corrected chi connectivity index (χ3v) is 7.66. The number of aromatic nitrogens is 6. The van der Waals surface area contributed by atoms with Crippen molar-refractivity contribution in [3.05, 3.63) is 40.3 Å². The summed E-state index contributed by atoms with van der Waals surface area (Å²) in [6.07, 6.45) is 5.05. The molecule has 4 aromatic rings. The minimum Gasteiger partial charge on any atom is -0.506 e. The molecule has 0 unspecified atom stereocenters. The van der Waals surface area contributed by atoms with Crippen LogP contribution < -0.4 is 4.90 Å². The first-order valence-corrected chi connectivity index (χ1v) is 12.8. The third kappa shape index (κ3) is 4.58. The zero-order valence-corrected chi connectivity index (χ0v) is 20.5. The Morgan fingerprint density at radius 2 is 1.91 bits per heavy atom. The van der Waals surface area contributed by atoms with Gasteiger partial charge in [-0.1, -0.05) is 5.21 Å². The van der Waals surface area contributed by atoms with E-state index in [0.29, 0.717) is 30.1 Å². The molecule has 35 heavy (non-hydrogen) atoms. The summed E-state index contributed by atoms with van der Waals surface area (Å²) in [5.74, 6) is 1.35. The highest BCUT2D eigenvalue weighted by atomic mass is 32.1. The third-order valence-electron chi connectivity index (χ3n) is 6.68. The van der Waals surface area contributed by atoms with Gasteiger partial charge in [0.25, 0.3) is 0 Å². The number of nitrogens with zero attached hydrogens (tertiary/aromatic N) is 8. The van der Waals surface area contributed by atoms with Gasteiger partial charge in [0, 0.05) is 54.2 Å². The molecule has 0 aliphatic carbocycles. The normalized spacial score (nSPS) is 17.9. The second kappa shape index (κ2) is 9.48. The predicted octanol–water partition coefficient (Wildman–Crippen LogP) is 3.03. The van der Waals surface area contributed by atoms with E-state index in [-0.39, 0.29) is 11.8 Å². The highest BCUT2D eigenvalue weighted by Crippen LogP contribution is 2.31. The molecule has 2 fully saturated rings. The number of fused-ring (bicyclic) bond motifs is 1. The summed E-state index contributed by atoms with van der Waals surface area (Å²) in [4.78, 5) is 21.3. The smallest absolute Gasteiger partial charge is 0.184 e. The molecule has 0 spiro atoms. The van der Waals surface area contributed by atoms with Crippen LogP contribution in [0, 0.1) is 6.92 Å². The molecular weight excluding hydrogens is 464 g/mol. The Bertz CT molecular complexity index is 1320. The monoisotopic (exact) mass is 492 g/mol. The lowest BCUT2D eigenvalue weighted by atomic mass is 10.1. The number of hydrogen-bond acceptors (Lipinski definition) is 10. The predicted molar refractivity (Wildman–Crippen MR) is 134 cm³/mol. The molecule has 10 nitrogen and oxygen atoms in total. The molecule has 0 atom stereocenters. The number of pyridine rings is 1. The highest BCUT2D eigenvalue weighted by Gasteiger charge is 2.27. The Morgan fingerprint density at radius 1 is 1.09 bits per heavy atom. The Hall–Kier alpha value is -3.15. The number of piperidine rings is 1. The molecule has 0 saturated carbocycles. The molecule has 0 bridgehead atoms. The fraction of sp³-hybridized carbons (Fsp3) is 0.458. The number of hydrogen-bond donors (Lipinski definition) is 1. The van der Waals surface area contributed by atoms with Crippen molar-refractivity contribution in [2.45, 2.75) is 32.4 Å². The average Bonchev–Trinajstić information content (AvgIpc) is 3.50. The quantitative estimate of drug-likeness (QED) is 0.450. The summed E-state index contributed by atoms with van der Waals surface area (Å²) in [5, 5.41) is 19.1. The SMILES string of the molecule is Cc1ccc(CN2CCC(n3nnc4c(N5CCOCC5)nc(-c5cncc(O)c5)nc43)CC2)s1. The summed E-state index contributed by atoms with van der Waals surface area (Å²) in [6.45, 7) is 7.93. The van der Waals surface area contributed by atoms with Crippen LogP contribution in [0.4, 0.5) is 5.82 Å². The second-order valence-electron chi connectivity index (χ2n) is 9.13. The zero-order valence-electron chi connectivity index (χ0n) is 19.7. The van der Waals surface area contributed by atoms with E-state index in [1.54, 1.807) is 12.3 Å². The van der Waals surface area contributed by atoms with E-state index in [2.05, 4.69) is 44.2 Å². The van der Waals surface area contributed by atoms with Gasteiger partial charge in [-0.2, -0.15) is 0 Å². The van der Waals surface area contributed by atoms with Crippen molar-refractivity contribution in [3.63, 3.8) is 0 Å². The van der Waals surface area contributed by atoms with Crippen molar-refractivity contribution < 1.29 is 9.84 Å². The van der Waals surface area contributed by atoms with Crippen LogP contribution in [0.5, 0.6) is 5.75 Å². The topological polar surface area (TPSA) is 105 Å². The van der Waals surface area contributed by atoms with Gasteiger partial charge >= 0.3 is 0 Å². The Labute approximate surface area is 207 Å². The van der Waals surface area contributed by atoms with Crippen LogP contribution in [0.25, 0.3) is 22.6 Å². The summed E-state index contributed by atoms with van der Waals surface area (Å²) < 4.78 is 7.52. The first-order chi connectivity index (χ1) is 17.1. The number of aryl methyl sites for hydroxylation is 1. The van der Waals surface area contributed by atoms with Gasteiger partial charge in [0.05, 0.1) is 25.5 Å². The average molecular weight is 493 g/mol. The van der Waals surface area contributed by atoms with E-state index < -0.39 is 0 Å². The molecule has 0 aromatic carbocycles. The minimum atomic E-state index is 0.0825. The molecule has 6 heterocycles. The minimum absolute atomic E-state index is 0.0825. The van der Waals surface area contributed by atoms with Crippen LogP contribution in [0.3, 0.4) is 0 Å². The maximum absolute atomic E-state index is 9.98. The standard InChI is InChI=1S/C24H28N8O2S/c1-16-2-3-20(35-16)15-30-6-4-18(5-7-30)32-24-21(28-29-32)23(31-8-10-34-11-9-31)26-22(27-24)17-12-19(33)14-25-13-17/h2-3,12-14,18,33H,4-11,15H2,1H3. The van der Waals surface area contributed by atoms with Gasteiger partial charge in [0.15, 0.2) is 22.8 Å². The highest BCUT2D eigenvalue weighted by molar-refractivity contribution is 7.11. The largest absolute Gasteiger partial charge is 0.506 e. The Morgan fingerprint density at radius 3 is 2.66 bits per heavy atom. The van der Waals surface area contributed by atoms with Crippen molar-refractivity contribution in [1.82, 2.24) is 34.8 Å². The van der Waals surface area contributed by atoms with Crippen LogP contribution in [0.2, 0.25) is 0 Å². The van der Waals surface area contributed by atoms with Gasteiger partial charge in [-0.05, 0) is 38.0 Å². The number of ether oxygens (including phenoxy) is 1. The molecule has 6 rings (SSSR count). The lowest BCUT2D eigenvalue weighted by Gasteiger charge is -2.31. The Kier molecular flexibility index (Phi) is 6.05. The molecule has 4 aromatic heterocycles. The van der Waals surface area contributed by atoms with Gasteiger partial charge in [0.2, 0.25) is 0 Å². The summed E-state index contributed by atoms with van der Waals surface area (Å²) in [6, 6.07) is 6.29. The lowest BCUT2D eigenvalue weighted by Crippen LogP contribution is -2.37. The fourth-order valence-electron chi connectivity index (χ4n) is 4.85. The number of thiophene rings is 1. The van der Waals surface area contributed by atoms with Crippen molar-refractivity contribution in [1.29, 1.82) is 0 Å². The Balaban J connectivity index is 1.31. The first kappa shape index (κ1) is 22.3. The summed E-state index contributed by atoms with van der Waals surface area (Å²) in [5.41, 5.74) is 2.10. The molecule has 11 heteroatoms. The van der Waals surface area contributed by atoms with Gasteiger partial charge in [-0.3, -0.25) is 9.88 Å². The number of morpholine rings is 1. The van der Waals surface area contributed by atoms with Crippen LogP contribution in [0.1, 0.15) is 28.6 Å². The first-order valence-electron chi connectivity index (χ1n) is 12.0. The zero-order chi connectivity index (χ0) is 23.8. The van der Waals surface area contributed by atoms with Gasteiger partial charge in [-0.25, -0.2) is 14.6 Å². The van der Waals surface area contributed by atoms with E-state index in [1.165, 1.54) is 16.0 Å². The number of anilines is 1. The molecular formula is C24H28N8O2S. The van der Waals surface area contributed by atoms with Crippen LogP contribution in [-0.4, -0.2) is 79.3 Å². The van der Waals surface area contributed by atoms with E-state index in [4.69, 9.17) is 14.7 Å². The van der Waals surface area contributed by atoms with E-state index in [9.17, 15) is 5.11 Å². The summed E-state index contributed by atoms with van der Waals surface area (Å²) in [7, 11) is 0. The fourth-order valence-corrected chi connectivity index (χ4v) is 5.78. The molecule has 182 valence electrons. The van der Waals surface area contributed by atoms with Crippen LogP contribution in [0.15, 0.2) is 30.6 Å². The van der Waals surface area contributed by atoms with Crippen molar-refractivity contribution in [2.24, 2.45) is 0 Å². The number of likely N-dealkylation sites (tertiary alicyclic amines) is 1. The second-order valence-corrected chi connectivity index (χ2v) is 10.5. The molecule has 0 amide bonds. The van der Waals surface area contributed by atoms with Crippen molar-refractivity contribution >= 4 is 28.3 Å². The van der Waals surface area contributed by atoms with Gasteiger partial charge in [-0.15, -0.1) is 16.4 Å². The lowest BCUT2D eigenvalue weighted by molar-refractivity contribution is 0.122. The van der Waals surface area contributed by atoms with Crippen LogP contribution in [-0.2, 0) is 11.3 Å². The van der Waals surface area contributed by atoms with Crippen molar-refractivity contribution in [2.75, 3.05) is 44.3 Å². The van der Waals surface area contributed by atoms with Gasteiger partial charge in [0.1, 0.15) is 5.75 Å². The van der Waals surface area contributed by atoms with E-state index in [1.807, 2.05) is 16.0 Å². The van der Waals surface area contributed by atoms with E-state index >= 15 is 0 Å². The number of rotatable bonds is 5. The van der Waals surface area contributed by atoms with Gasteiger partial charge < -0.3 is 14.7 Å². The van der Waals surface area contributed by atoms with Crippen LogP contribution >= 0.6 is 11.3 Å². The molecule has 1 N–H and O–H groups in total. The molecule has 2 saturated heterocycles. The number of aromatic hydroxyl groups is 1. The van der Waals surface area contributed by atoms with Crippen molar-refractivity contribution in [3.8, 4) is 17.1 Å². The molecule has 2 aliphatic heterocycles. The maximum atomic E-state index is 9.98. The summed E-state index contributed by atoms with van der Waals surface area (Å²) >= 11 is 1.87. The molecule has 2 aliphatic rings. The van der Waals surface area contributed by atoms with E-state index in [0.717, 1.165) is 57.0 Å². The molecule has 0 radical (unpaired) electrons.